The predicted molar refractivity (Wildman–Crippen MR) is 113 cm³/mol. The number of esters is 1. The second-order valence-electron chi connectivity index (χ2n) is 8.19. The summed E-state index contributed by atoms with van der Waals surface area (Å²) in [7, 11) is 0. The molecule has 32 heavy (non-hydrogen) atoms. The Morgan fingerprint density at radius 2 is 1.84 bits per heavy atom. The molecule has 2 saturated heterocycles. The molecule has 0 aliphatic carbocycles. The Balaban J connectivity index is 1.84. The molecule has 8 heteroatoms. The number of anilines is 1. The van der Waals surface area contributed by atoms with E-state index in [-0.39, 0.29) is 23.6 Å². The van der Waals surface area contributed by atoms with Crippen LogP contribution in [-0.4, -0.2) is 35.7 Å². The average Bonchev–Trinajstić information content (AvgIpc) is 3.22. The van der Waals surface area contributed by atoms with Crippen molar-refractivity contribution in [1.82, 2.24) is 5.32 Å². The van der Waals surface area contributed by atoms with Crippen LogP contribution in [0.15, 0.2) is 48.5 Å². The lowest BCUT2D eigenvalue weighted by atomic mass is 9.80. The first-order valence-electron chi connectivity index (χ1n) is 10.4. The SMILES string of the molecule is CCOC(=O)[C@]1(C)N[C@H](c2ccccc2F)[C@@H]2C(=O)N(c3cccc(C(C)=O)c3)C(=O)[C@H]21. The van der Waals surface area contributed by atoms with Crippen LogP contribution < -0.4 is 10.2 Å². The molecule has 0 radical (unpaired) electrons. The van der Waals surface area contributed by atoms with E-state index in [0.29, 0.717) is 5.56 Å². The molecule has 2 fully saturated rings. The summed E-state index contributed by atoms with van der Waals surface area (Å²) >= 11 is 0. The van der Waals surface area contributed by atoms with Gasteiger partial charge in [-0.15, -0.1) is 0 Å². The van der Waals surface area contributed by atoms with Gasteiger partial charge in [0.25, 0.3) is 0 Å². The third-order valence-corrected chi connectivity index (χ3v) is 6.24. The second kappa shape index (κ2) is 7.94. The highest BCUT2D eigenvalue weighted by Crippen LogP contribution is 2.50. The molecule has 2 heterocycles. The number of imide groups is 1. The molecule has 2 aliphatic heterocycles. The minimum atomic E-state index is -1.53. The maximum atomic E-state index is 14.7. The van der Waals surface area contributed by atoms with Crippen LogP contribution >= 0.6 is 0 Å². The second-order valence-corrected chi connectivity index (χ2v) is 8.19. The van der Waals surface area contributed by atoms with Crippen LogP contribution in [0.25, 0.3) is 0 Å². The number of fused-ring (bicyclic) bond motifs is 1. The average molecular weight is 438 g/mol. The zero-order valence-electron chi connectivity index (χ0n) is 17.9. The van der Waals surface area contributed by atoms with Crippen molar-refractivity contribution >= 4 is 29.3 Å². The molecule has 0 aromatic heterocycles. The van der Waals surface area contributed by atoms with E-state index in [4.69, 9.17) is 4.74 Å². The van der Waals surface area contributed by atoms with Gasteiger partial charge in [0.2, 0.25) is 11.8 Å². The zero-order chi connectivity index (χ0) is 23.2. The number of amides is 2. The van der Waals surface area contributed by atoms with E-state index >= 15 is 0 Å². The maximum absolute atomic E-state index is 14.7. The summed E-state index contributed by atoms with van der Waals surface area (Å²) in [6, 6.07) is 11.2. The van der Waals surface area contributed by atoms with Crippen molar-refractivity contribution in [1.29, 1.82) is 0 Å². The van der Waals surface area contributed by atoms with E-state index < -0.39 is 47.0 Å². The van der Waals surface area contributed by atoms with Gasteiger partial charge in [-0.05, 0) is 39.0 Å². The maximum Gasteiger partial charge on any atom is 0.326 e. The summed E-state index contributed by atoms with van der Waals surface area (Å²) < 4.78 is 19.9. The molecule has 0 spiro atoms. The first kappa shape index (κ1) is 21.8. The molecular weight excluding hydrogens is 415 g/mol. The van der Waals surface area contributed by atoms with Gasteiger partial charge in [0.1, 0.15) is 11.4 Å². The van der Waals surface area contributed by atoms with Crippen LogP contribution in [0.5, 0.6) is 0 Å². The Labute approximate surface area is 184 Å². The Kier molecular flexibility index (Phi) is 5.42. The fourth-order valence-corrected chi connectivity index (χ4v) is 4.72. The molecule has 1 N–H and O–H groups in total. The lowest BCUT2D eigenvalue weighted by Gasteiger charge is -2.29. The molecule has 4 atom stereocenters. The Morgan fingerprint density at radius 3 is 2.50 bits per heavy atom. The van der Waals surface area contributed by atoms with Crippen LogP contribution in [-0.2, 0) is 19.1 Å². The van der Waals surface area contributed by atoms with Gasteiger partial charge in [0, 0.05) is 17.2 Å². The first-order chi connectivity index (χ1) is 15.2. The zero-order valence-corrected chi connectivity index (χ0v) is 17.9. The Morgan fingerprint density at radius 1 is 1.12 bits per heavy atom. The number of carbonyl (C=O) groups excluding carboxylic acids is 4. The van der Waals surface area contributed by atoms with Crippen molar-refractivity contribution in [2.45, 2.75) is 32.4 Å². The van der Waals surface area contributed by atoms with E-state index in [2.05, 4.69) is 5.32 Å². The number of hydrogen-bond donors (Lipinski definition) is 1. The van der Waals surface area contributed by atoms with Crippen LogP contribution in [0.3, 0.4) is 0 Å². The number of rotatable bonds is 5. The minimum absolute atomic E-state index is 0.0877. The van der Waals surface area contributed by atoms with Gasteiger partial charge in [0.15, 0.2) is 5.78 Å². The van der Waals surface area contributed by atoms with Crippen LogP contribution in [0, 0.1) is 17.7 Å². The molecule has 7 nitrogen and oxygen atoms in total. The van der Waals surface area contributed by atoms with Gasteiger partial charge in [-0.2, -0.15) is 0 Å². The molecule has 2 aromatic carbocycles. The third kappa shape index (κ3) is 3.22. The predicted octanol–water partition coefficient (Wildman–Crippen LogP) is 2.80. The Hall–Kier alpha value is -3.39. The fourth-order valence-electron chi connectivity index (χ4n) is 4.72. The lowest BCUT2D eigenvalue weighted by molar-refractivity contribution is -0.153. The number of ketones is 1. The van der Waals surface area contributed by atoms with Crippen molar-refractivity contribution in [2.24, 2.45) is 11.8 Å². The molecular formula is C24H23FN2O5. The summed E-state index contributed by atoms with van der Waals surface area (Å²) in [5.74, 6) is -4.72. The monoisotopic (exact) mass is 438 g/mol. The Bertz CT molecular complexity index is 1130. The number of ether oxygens (including phenoxy) is 1. The minimum Gasteiger partial charge on any atom is -0.465 e. The van der Waals surface area contributed by atoms with Crippen LogP contribution in [0.4, 0.5) is 10.1 Å². The normalized spacial score (nSPS) is 26.9. The van der Waals surface area contributed by atoms with Gasteiger partial charge in [-0.3, -0.25) is 24.5 Å². The molecule has 4 rings (SSSR count). The fraction of sp³-hybridized carbons (Fsp3) is 0.333. The summed E-state index contributed by atoms with van der Waals surface area (Å²) in [6.07, 6.45) is 0. The molecule has 0 bridgehead atoms. The molecule has 2 aromatic rings. The highest BCUT2D eigenvalue weighted by Gasteiger charge is 2.67. The largest absolute Gasteiger partial charge is 0.465 e. The van der Waals surface area contributed by atoms with E-state index in [1.54, 1.807) is 31.2 Å². The number of halogens is 1. The number of nitrogens with one attached hydrogen (secondary N) is 1. The first-order valence-corrected chi connectivity index (χ1v) is 10.4. The van der Waals surface area contributed by atoms with Gasteiger partial charge in [-0.1, -0.05) is 30.3 Å². The lowest BCUT2D eigenvalue weighted by Crippen LogP contribution is -2.54. The highest BCUT2D eigenvalue weighted by atomic mass is 19.1. The smallest absolute Gasteiger partial charge is 0.326 e. The van der Waals surface area contributed by atoms with Gasteiger partial charge >= 0.3 is 5.97 Å². The molecule has 2 amide bonds. The van der Waals surface area contributed by atoms with E-state index in [9.17, 15) is 23.6 Å². The van der Waals surface area contributed by atoms with E-state index in [1.807, 2.05) is 0 Å². The highest BCUT2D eigenvalue weighted by molar-refractivity contribution is 6.24. The molecule has 166 valence electrons. The molecule has 2 aliphatic rings. The van der Waals surface area contributed by atoms with Gasteiger partial charge in [0.05, 0.1) is 24.1 Å². The summed E-state index contributed by atoms with van der Waals surface area (Å²) in [5.41, 5.74) is -0.762. The van der Waals surface area contributed by atoms with Crippen molar-refractivity contribution in [3.05, 3.63) is 65.5 Å². The van der Waals surface area contributed by atoms with Crippen LogP contribution in [0.1, 0.15) is 42.7 Å². The van der Waals surface area contributed by atoms with Crippen LogP contribution in [0.2, 0.25) is 0 Å². The van der Waals surface area contributed by atoms with Gasteiger partial charge < -0.3 is 4.74 Å². The number of benzene rings is 2. The summed E-state index contributed by atoms with van der Waals surface area (Å²) in [5, 5.41) is 3.04. The van der Waals surface area contributed by atoms with E-state index in [1.165, 1.54) is 38.1 Å². The summed E-state index contributed by atoms with van der Waals surface area (Å²) in [6.45, 7) is 4.62. The van der Waals surface area contributed by atoms with Crippen molar-refractivity contribution in [3.8, 4) is 0 Å². The molecule has 0 unspecified atom stereocenters. The third-order valence-electron chi connectivity index (χ3n) is 6.24. The van der Waals surface area contributed by atoms with E-state index in [0.717, 1.165) is 4.90 Å². The topological polar surface area (TPSA) is 92.8 Å². The standard InChI is InChI=1S/C24H23FN2O5/c1-4-32-23(31)24(3)19-18(20(26-24)16-10-5-6-11-17(16)25)21(29)27(22(19)30)15-9-7-8-14(12-15)13(2)28/h5-12,18-20,26H,4H2,1-3H3/t18-,19+,20-,24-/m1/s1. The number of hydrogen-bond acceptors (Lipinski definition) is 6. The quantitative estimate of drug-likeness (QED) is 0.438. The number of carbonyl (C=O) groups is 4. The van der Waals surface area contributed by atoms with Crippen molar-refractivity contribution in [3.63, 3.8) is 0 Å². The number of Topliss-reactive ketones (excluding diaryl/α,β-unsaturated/α-hetero) is 1. The number of nitrogens with zero attached hydrogens (tertiary/aromatic N) is 1. The molecule has 0 saturated carbocycles. The summed E-state index contributed by atoms with van der Waals surface area (Å²) in [4.78, 5) is 52.8. The van der Waals surface area contributed by atoms with Crippen molar-refractivity contribution < 1.29 is 28.3 Å². The van der Waals surface area contributed by atoms with Gasteiger partial charge in [-0.25, -0.2) is 9.29 Å². The van der Waals surface area contributed by atoms with Crippen molar-refractivity contribution in [2.75, 3.05) is 11.5 Å².